The van der Waals surface area contributed by atoms with Gasteiger partial charge in [0, 0.05) is 0 Å². The molecule has 1 heterocycles. The van der Waals surface area contributed by atoms with Crippen LogP contribution in [-0.4, -0.2) is 35.7 Å². The molecule has 0 aliphatic carbocycles. The zero-order valence-corrected chi connectivity index (χ0v) is 17.5. The van der Waals surface area contributed by atoms with Crippen molar-refractivity contribution in [2.24, 2.45) is 0 Å². The highest BCUT2D eigenvalue weighted by Crippen LogP contribution is 2.42. The van der Waals surface area contributed by atoms with E-state index in [1.54, 1.807) is 0 Å². The Morgan fingerprint density at radius 3 is 1.92 bits per heavy atom. The molecule has 0 saturated carbocycles. The van der Waals surface area contributed by atoms with Crippen molar-refractivity contribution in [3.63, 3.8) is 0 Å². The third-order valence-electron chi connectivity index (χ3n) is 5.08. The van der Waals surface area contributed by atoms with E-state index in [9.17, 15) is 9.90 Å². The lowest BCUT2D eigenvalue weighted by molar-refractivity contribution is -0.149. The summed E-state index contributed by atoms with van der Waals surface area (Å²) in [5.41, 5.74) is 2.26. The van der Waals surface area contributed by atoms with Crippen molar-refractivity contribution >= 4 is 5.97 Å². The van der Waals surface area contributed by atoms with E-state index >= 15 is 0 Å². The van der Waals surface area contributed by atoms with E-state index in [0.29, 0.717) is 12.4 Å². The molecule has 1 N–H and O–H groups in total. The molecule has 1 unspecified atom stereocenters. The molecule has 1 atom stereocenters. The summed E-state index contributed by atoms with van der Waals surface area (Å²) < 4.78 is 5.41. The molecular formula is C22H35NO3. The van der Waals surface area contributed by atoms with Gasteiger partial charge in [0.1, 0.15) is 11.8 Å². The number of hydrogen-bond acceptors (Lipinski definition) is 4. The number of ether oxygens (including phenoxy) is 1. The van der Waals surface area contributed by atoms with Gasteiger partial charge in [0.2, 0.25) is 0 Å². The van der Waals surface area contributed by atoms with Crippen molar-refractivity contribution < 1.29 is 14.6 Å². The largest absolute Gasteiger partial charge is 0.507 e. The van der Waals surface area contributed by atoms with Gasteiger partial charge >= 0.3 is 5.97 Å². The molecule has 1 fully saturated rings. The van der Waals surface area contributed by atoms with Crippen LogP contribution in [0.4, 0.5) is 0 Å². The Morgan fingerprint density at radius 2 is 1.54 bits per heavy atom. The minimum absolute atomic E-state index is 0.195. The average molecular weight is 362 g/mol. The number of phenolic OH excluding ortho intramolecular Hbond substituents is 1. The van der Waals surface area contributed by atoms with Gasteiger partial charge in [0.05, 0.1) is 6.61 Å². The fraction of sp³-hybridized carbons (Fsp3) is 0.682. The second kappa shape index (κ2) is 7.59. The molecule has 4 nitrogen and oxygen atoms in total. The Labute approximate surface area is 158 Å². The molecule has 0 radical (unpaired) electrons. The Balaban J connectivity index is 2.65. The molecule has 4 heteroatoms. The van der Waals surface area contributed by atoms with Crippen LogP contribution in [0.15, 0.2) is 12.1 Å². The van der Waals surface area contributed by atoms with Crippen LogP contribution in [0.2, 0.25) is 0 Å². The second-order valence-corrected chi connectivity index (χ2v) is 9.36. The van der Waals surface area contributed by atoms with Crippen molar-refractivity contribution in [1.82, 2.24) is 4.90 Å². The minimum Gasteiger partial charge on any atom is -0.507 e. The van der Waals surface area contributed by atoms with Crippen LogP contribution in [-0.2, 0) is 20.4 Å². The fourth-order valence-corrected chi connectivity index (χ4v) is 3.68. The number of phenols is 1. The highest BCUT2D eigenvalue weighted by atomic mass is 16.5. The van der Waals surface area contributed by atoms with E-state index in [2.05, 4.69) is 46.4 Å². The Morgan fingerprint density at radius 1 is 1.08 bits per heavy atom. The number of carbonyl (C=O) groups is 1. The van der Waals surface area contributed by atoms with Crippen molar-refractivity contribution in [1.29, 1.82) is 0 Å². The van der Waals surface area contributed by atoms with E-state index in [0.717, 1.165) is 42.6 Å². The first kappa shape index (κ1) is 20.8. The predicted octanol–water partition coefficient (Wildman–Crippen LogP) is 4.69. The molecule has 1 aromatic carbocycles. The summed E-state index contributed by atoms with van der Waals surface area (Å²) in [4.78, 5) is 15.0. The molecular weight excluding hydrogens is 326 g/mol. The van der Waals surface area contributed by atoms with Gasteiger partial charge in [-0.1, -0.05) is 41.5 Å². The summed E-state index contributed by atoms with van der Waals surface area (Å²) in [6, 6.07) is 3.61. The van der Waals surface area contributed by atoms with Crippen molar-refractivity contribution in [3.05, 3.63) is 28.8 Å². The number of rotatable bonds is 4. The van der Waals surface area contributed by atoms with Crippen LogP contribution in [0.5, 0.6) is 5.75 Å². The molecule has 1 aromatic rings. The Hall–Kier alpha value is -1.55. The van der Waals surface area contributed by atoms with E-state index in [4.69, 9.17) is 4.74 Å². The van der Waals surface area contributed by atoms with Gasteiger partial charge in [-0.25, -0.2) is 4.79 Å². The van der Waals surface area contributed by atoms with Gasteiger partial charge in [0.25, 0.3) is 0 Å². The molecule has 1 aliphatic rings. The quantitative estimate of drug-likeness (QED) is 0.791. The van der Waals surface area contributed by atoms with Crippen molar-refractivity contribution in [3.8, 4) is 5.75 Å². The number of benzene rings is 1. The minimum atomic E-state index is -0.403. The van der Waals surface area contributed by atoms with Gasteiger partial charge < -0.3 is 9.84 Å². The highest BCUT2D eigenvalue weighted by molar-refractivity contribution is 5.78. The zero-order chi connectivity index (χ0) is 19.7. The predicted molar refractivity (Wildman–Crippen MR) is 106 cm³/mol. The molecule has 146 valence electrons. The lowest BCUT2D eigenvalue weighted by atomic mass is 9.77. The third kappa shape index (κ3) is 4.40. The van der Waals surface area contributed by atoms with Crippen LogP contribution in [0.3, 0.4) is 0 Å². The molecule has 1 aliphatic heterocycles. The highest BCUT2D eigenvalue weighted by Gasteiger charge is 2.34. The SMILES string of the molecule is CCOC(=O)C(c1cc(C(C)(C)C)c(O)c(C(C)(C)C)c1)N1CCCC1. The number of carbonyl (C=O) groups excluding carboxylic acids is 1. The molecule has 1 saturated heterocycles. The molecule has 0 bridgehead atoms. The summed E-state index contributed by atoms with van der Waals surface area (Å²) in [5, 5.41) is 10.9. The first-order valence-electron chi connectivity index (χ1n) is 9.75. The molecule has 0 aromatic heterocycles. The van der Waals surface area contributed by atoms with Gasteiger partial charge in [-0.05, 0) is 72.5 Å². The van der Waals surface area contributed by atoms with Gasteiger partial charge in [0.15, 0.2) is 0 Å². The van der Waals surface area contributed by atoms with Gasteiger partial charge in [-0.2, -0.15) is 0 Å². The smallest absolute Gasteiger partial charge is 0.327 e. The van der Waals surface area contributed by atoms with Crippen LogP contribution in [0.25, 0.3) is 0 Å². The van der Waals surface area contributed by atoms with Gasteiger partial charge in [-0.3, -0.25) is 4.90 Å². The normalized spacial score (nSPS) is 17.3. The summed E-state index contributed by atoms with van der Waals surface area (Å²) in [5.74, 6) is 0.151. The van der Waals surface area contributed by atoms with Crippen LogP contribution < -0.4 is 0 Å². The topological polar surface area (TPSA) is 49.8 Å². The zero-order valence-electron chi connectivity index (χ0n) is 17.5. The lowest BCUT2D eigenvalue weighted by Gasteiger charge is -2.32. The molecule has 0 spiro atoms. The van der Waals surface area contributed by atoms with Crippen molar-refractivity contribution in [2.45, 2.75) is 78.2 Å². The lowest BCUT2D eigenvalue weighted by Crippen LogP contribution is -2.34. The average Bonchev–Trinajstić information content (AvgIpc) is 3.00. The third-order valence-corrected chi connectivity index (χ3v) is 5.08. The summed E-state index contributed by atoms with van der Waals surface area (Å²) in [6.45, 7) is 16.6. The first-order chi connectivity index (χ1) is 12.0. The van der Waals surface area contributed by atoms with Crippen LogP contribution in [0.1, 0.15) is 84.0 Å². The monoisotopic (exact) mass is 361 g/mol. The first-order valence-corrected chi connectivity index (χ1v) is 9.75. The maximum Gasteiger partial charge on any atom is 0.327 e. The summed E-state index contributed by atoms with van der Waals surface area (Å²) in [6.07, 6.45) is 2.21. The summed E-state index contributed by atoms with van der Waals surface area (Å²) >= 11 is 0. The maximum absolute atomic E-state index is 12.8. The Bertz CT molecular complexity index is 611. The van der Waals surface area contributed by atoms with Crippen molar-refractivity contribution in [2.75, 3.05) is 19.7 Å². The standard InChI is InChI=1S/C22H35NO3/c1-8-26-20(25)18(23-11-9-10-12-23)15-13-16(21(2,3)4)19(24)17(14-15)22(5,6)7/h13-14,18,24H,8-12H2,1-7H3. The number of esters is 1. The van der Waals surface area contributed by atoms with E-state index in [-0.39, 0.29) is 16.8 Å². The van der Waals surface area contributed by atoms with E-state index < -0.39 is 6.04 Å². The number of aromatic hydroxyl groups is 1. The summed E-state index contributed by atoms with van der Waals surface area (Å²) in [7, 11) is 0. The van der Waals surface area contributed by atoms with E-state index in [1.165, 1.54) is 0 Å². The van der Waals surface area contributed by atoms with Gasteiger partial charge in [-0.15, -0.1) is 0 Å². The molecule has 0 amide bonds. The second-order valence-electron chi connectivity index (χ2n) is 9.36. The maximum atomic E-state index is 12.8. The van der Waals surface area contributed by atoms with Crippen LogP contribution in [0, 0.1) is 0 Å². The number of likely N-dealkylation sites (tertiary alicyclic amines) is 1. The number of hydrogen-bond donors (Lipinski definition) is 1. The van der Waals surface area contributed by atoms with Crippen LogP contribution >= 0.6 is 0 Å². The van der Waals surface area contributed by atoms with E-state index in [1.807, 2.05) is 19.1 Å². The molecule has 26 heavy (non-hydrogen) atoms. The fourth-order valence-electron chi connectivity index (χ4n) is 3.68. The number of nitrogens with zero attached hydrogens (tertiary/aromatic N) is 1. The molecule has 2 rings (SSSR count). The Kier molecular flexibility index (Phi) is 6.06.